The molecule has 1 aliphatic rings. The van der Waals surface area contributed by atoms with Crippen molar-refractivity contribution in [3.63, 3.8) is 0 Å². The largest absolute Gasteiger partial charge is 0.443 e. The number of halogens is 3. The number of nitrogens with one attached hydrogen (secondary N) is 1. The summed E-state index contributed by atoms with van der Waals surface area (Å²) in [6, 6.07) is -0.488. The van der Waals surface area contributed by atoms with Gasteiger partial charge in [0.2, 0.25) is 0 Å². The summed E-state index contributed by atoms with van der Waals surface area (Å²) in [5.74, 6) is 5.52. The van der Waals surface area contributed by atoms with Gasteiger partial charge in [0.1, 0.15) is 0 Å². The highest BCUT2D eigenvalue weighted by atomic mass is 32.1. The topological polar surface area (TPSA) is 63.4 Å². The zero-order chi connectivity index (χ0) is 15.5. The van der Waals surface area contributed by atoms with E-state index < -0.39 is 17.2 Å². The number of hydrazine groups is 1. The van der Waals surface area contributed by atoms with Crippen LogP contribution in [0.1, 0.15) is 29.3 Å². The first-order valence-corrected chi connectivity index (χ1v) is 7.60. The van der Waals surface area contributed by atoms with Crippen molar-refractivity contribution in [2.45, 2.75) is 31.7 Å². The predicted molar refractivity (Wildman–Crippen MR) is 73.7 cm³/mol. The first kappa shape index (κ1) is 16.6. The Morgan fingerprint density at radius 3 is 2.95 bits per heavy atom. The molecular formula is C12H19F3N4OS. The second-order valence-electron chi connectivity index (χ2n) is 4.92. The van der Waals surface area contributed by atoms with E-state index in [0.717, 1.165) is 19.5 Å². The molecule has 5 nitrogen and oxygen atoms in total. The number of hydrogen-bond acceptors (Lipinski definition) is 6. The fourth-order valence-corrected chi connectivity index (χ4v) is 3.28. The number of nitrogens with two attached hydrogens (primary N) is 1. The molecule has 2 unspecified atom stereocenters. The smallest absolute Gasteiger partial charge is 0.373 e. The minimum absolute atomic E-state index is 0.281. The van der Waals surface area contributed by atoms with Gasteiger partial charge < -0.3 is 4.74 Å². The molecule has 1 saturated heterocycles. The molecular weight excluding hydrogens is 305 g/mol. The summed E-state index contributed by atoms with van der Waals surface area (Å²) in [7, 11) is 0. The SMILES string of the molecule is CCCN1CCOC(C(NN)c2cnc(C(F)(F)F)s2)C1. The van der Waals surface area contributed by atoms with Crippen molar-refractivity contribution in [2.24, 2.45) is 5.84 Å². The number of thiazole rings is 1. The lowest BCUT2D eigenvalue weighted by atomic mass is 10.1. The van der Waals surface area contributed by atoms with Crippen molar-refractivity contribution >= 4 is 11.3 Å². The molecule has 0 radical (unpaired) electrons. The van der Waals surface area contributed by atoms with Crippen molar-refractivity contribution in [3.8, 4) is 0 Å². The molecule has 0 spiro atoms. The van der Waals surface area contributed by atoms with E-state index in [0.29, 0.717) is 29.4 Å². The van der Waals surface area contributed by atoms with Gasteiger partial charge in [-0.1, -0.05) is 6.92 Å². The summed E-state index contributed by atoms with van der Waals surface area (Å²) in [5.41, 5.74) is 2.57. The molecule has 1 aliphatic heterocycles. The zero-order valence-electron chi connectivity index (χ0n) is 11.7. The van der Waals surface area contributed by atoms with Crippen LogP contribution in [0.2, 0.25) is 0 Å². The van der Waals surface area contributed by atoms with Crippen molar-refractivity contribution in [1.82, 2.24) is 15.3 Å². The maximum atomic E-state index is 12.6. The van der Waals surface area contributed by atoms with Crippen LogP contribution in [0.25, 0.3) is 0 Å². The van der Waals surface area contributed by atoms with Gasteiger partial charge in [-0.3, -0.25) is 10.7 Å². The number of hydrogen-bond donors (Lipinski definition) is 2. The second-order valence-corrected chi connectivity index (χ2v) is 5.98. The normalized spacial score (nSPS) is 22.4. The molecule has 0 bridgehead atoms. The highest BCUT2D eigenvalue weighted by Crippen LogP contribution is 2.35. The minimum Gasteiger partial charge on any atom is -0.373 e. The number of rotatable bonds is 5. The molecule has 0 amide bonds. The lowest BCUT2D eigenvalue weighted by molar-refractivity contribution is -0.137. The summed E-state index contributed by atoms with van der Waals surface area (Å²) in [6.07, 6.45) is -2.47. The molecule has 9 heteroatoms. The fraction of sp³-hybridized carbons (Fsp3) is 0.750. The number of morpholine rings is 1. The van der Waals surface area contributed by atoms with E-state index in [2.05, 4.69) is 22.2 Å². The van der Waals surface area contributed by atoms with Crippen LogP contribution in [-0.4, -0.2) is 42.2 Å². The highest BCUT2D eigenvalue weighted by molar-refractivity contribution is 7.11. The first-order valence-electron chi connectivity index (χ1n) is 6.78. The summed E-state index contributed by atoms with van der Waals surface area (Å²) in [6.45, 7) is 5.05. The molecule has 2 rings (SSSR count). The van der Waals surface area contributed by atoms with E-state index in [1.165, 1.54) is 6.20 Å². The van der Waals surface area contributed by atoms with Gasteiger partial charge in [0.25, 0.3) is 0 Å². The van der Waals surface area contributed by atoms with E-state index >= 15 is 0 Å². The van der Waals surface area contributed by atoms with E-state index in [9.17, 15) is 13.2 Å². The van der Waals surface area contributed by atoms with Crippen molar-refractivity contribution in [3.05, 3.63) is 16.1 Å². The number of ether oxygens (including phenoxy) is 1. The number of nitrogens with zero attached hydrogens (tertiary/aromatic N) is 2. The molecule has 0 aromatic carbocycles. The Kier molecular flexibility index (Phi) is 5.55. The van der Waals surface area contributed by atoms with Gasteiger partial charge in [-0.2, -0.15) is 13.2 Å². The minimum atomic E-state index is -4.43. The van der Waals surface area contributed by atoms with Crippen molar-refractivity contribution < 1.29 is 17.9 Å². The van der Waals surface area contributed by atoms with Gasteiger partial charge >= 0.3 is 6.18 Å². The molecule has 2 heterocycles. The maximum Gasteiger partial charge on any atom is 0.443 e. The molecule has 0 saturated carbocycles. The highest BCUT2D eigenvalue weighted by Gasteiger charge is 2.37. The number of alkyl halides is 3. The van der Waals surface area contributed by atoms with E-state index in [4.69, 9.17) is 10.6 Å². The summed E-state index contributed by atoms with van der Waals surface area (Å²) >= 11 is 0.604. The lowest BCUT2D eigenvalue weighted by Gasteiger charge is -2.36. The molecule has 2 atom stereocenters. The van der Waals surface area contributed by atoms with Gasteiger partial charge in [0.05, 0.1) is 18.8 Å². The Bertz CT molecular complexity index is 452. The monoisotopic (exact) mass is 324 g/mol. The predicted octanol–water partition coefficient (Wildman–Crippen LogP) is 1.78. The number of aromatic nitrogens is 1. The Balaban J connectivity index is 2.10. The third kappa shape index (κ3) is 4.13. The summed E-state index contributed by atoms with van der Waals surface area (Å²) in [4.78, 5) is 6.10. The van der Waals surface area contributed by atoms with Crippen LogP contribution in [0, 0.1) is 0 Å². The van der Waals surface area contributed by atoms with Gasteiger partial charge in [-0.25, -0.2) is 10.4 Å². The van der Waals surface area contributed by atoms with E-state index in [-0.39, 0.29) is 6.10 Å². The maximum absolute atomic E-state index is 12.6. The second kappa shape index (κ2) is 7.01. The van der Waals surface area contributed by atoms with E-state index in [1.54, 1.807) is 0 Å². The van der Waals surface area contributed by atoms with Crippen LogP contribution in [-0.2, 0) is 10.9 Å². The molecule has 1 aromatic rings. The quantitative estimate of drug-likeness (QED) is 0.638. The summed E-state index contributed by atoms with van der Waals surface area (Å²) in [5, 5.41) is -0.862. The van der Waals surface area contributed by atoms with Gasteiger partial charge in [0.15, 0.2) is 5.01 Å². The average molecular weight is 324 g/mol. The Hall–Kier alpha value is -0.740. The van der Waals surface area contributed by atoms with Crippen LogP contribution in [0.15, 0.2) is 6.20 Å². The Morgan fingerprint density at radius 2 is 2.38 bits per heavy atom. The van der Waals surface area contributed by atoms with Gasteiger partial charge in [-0.05, 0) is 13.0 Å². The van der Waals surface area contributed by atoms with Crippen molar-refractivity contribution in [2.75, 3.05) is 26.2 Å². The fourth-order valence-electron chi connectivity index (χ4n) is 2.39. The van der Waals surface area contributed by atoms with Crippen LogP contribution in [0.4, 0.5) is 13.2 Å². The molecule has 1 fully saturated rings. The van der Waals surface area contributed by atoms with Crippen LogP contribution in [0.3, 0.4) is 0 Å². The molecule has 3 N–H and O–H groups in total. The molecule has 0 aliphatic carbocycles. The van der Waals surface area contributed by atoms with Crippen LogP contribution in [0.5, 0.6) is 0 Å². The average Bonchev–Trinajstić information content (AvgIpc) is 2.90. The standard InChI is InChI=1S/C12H19F3N4OS/c1-2-3-19-4-5-20-8(7-19)10(18-16)9-6-17-11(21-9)12(13,14)15/h6,8,10,18H,2-5,7,16H2,1H3. The van der Waals surface area contributed by atoms with Gasteiger partial charge in [-0.15, -0.1) is 11.3 Å². The summed E-state index contributed by atoms with van der Waals surface area (Å²) < 4.78 is 43.6. The molecule has 1 aromatic heterocycles. The van der Waals surface area contributed by atoms with E-state index in [1.807, 2.05) is 0 Å². The Labute approximate surface area is 125 Å². The van der Waals surface area contributed by atoms with Crippen molar-refractivity contribution in [1.29, 1.82) is 0 Å². The molecule has 21 heavy (non-hydrogen) atoms. The third-order valence-corrected chi connectivity index (χ3v) is 4.47. The third-order valence-electron chi connectivity index (χ3n) is 3.34. The molecule has 120 valence electrons. The van der Waals surface area contributed by atoms with Crippen LogP contribution < -0.4 is 11.3 Å². The first-order chi connectivity index (χ1) is 9.95. The zero-order valence-corrected chi connectivity index (χ0v) is 12.5. The lowest BCUT2D eigenvalue weighted by Crippen LogP contribution is -2.49. The Morgan fingerprint density at radius 1 is 1.62 bits per heavy atom. The van der Waals surface area contributed by atoms with Crippen LogP contribution >= 0.6 is 11.3 Å². The van der Waals surface area contributed by atoms with Gasteiger partial charge in [0, 0.05) is 24.2 Å².